The Morgan fingerprint density at radius 1 is 1.03 bits per heavy atom. The number of hydrogen-bond donors (Lipinski definition) is 3. The molecule has 0 amide bonds. The largest absolute Gasteiger partial charge is 0.411 e. The Hall–Kier alpha value is -3.57. The van der Waals surface area contributed by atoms with Gasteiger partial charge in [0, 0.05) is 32.6 Å². The van der Waals surface area contributed by atoms with Gasteiger partial charge in [0.25, 0.3) is 0 Å². The molecule has 5 aromatic rings. The predicted molar refractivity (Wildman–Crippen MR) is 120 cm³/mol. The number of aromatic amines is 1. The van der Waals surface area contributed by atoms with Crippen LogP contribution in [0.15, 0.2) is 71.9 Å². The second kappa shape index (κ2) is 6.79. The van der Waals surface area contributed by atoms with Gasteiger partial charge in [-0.2, -0.15) is 0 Å². The average Bonchev–Trinajstić information content (AvgIpc) is 3.14. The number of hydrogen-bond acceptors (Lipinski definition) is 4. The highest BCUT2D eigenvalue weighted by atomic mass is 35.5. The molecule has 0 saturated heterocycles. The van der Waals surface area contributed by atoms with Gasteiger partial charge in [0.1, 0.15) is 5.82 Å². The number of anilines is 2. The van der Waals surface area contributed by atoms with Gasteiger partial charge in [0.15, 0.2) is 0 Å². The van der Waals surface area contributed by atoms with E-state index in [1.54, 1.807) is 6.92 Å². The van der Waals surface area contributed by atoms with Gasteiger partial charge in [-0.05, 0) is 43.3 Å². The lowest BCUT2D eigenvalue weighted by atomic mass is 10.1. The second-order valence-electron chi connectivity index (χ2n) is 6.93. The average molecular weight is 401 g/mol. The number of oxime groups is 1. The zero-order valence-corrected chi connectivity index (χ0v) is 16.3. The molecule has 6 heteroatoms. The summed E-state index contributed by atoms with van der Waals surface area (Å²) >= 11 is 6.26. The van der Waals surface area contributed by atoms with Crippen LogP contribution < -0.4 is 5.32 Å². The van der Waals surface area contributed by atoms with Gasteiger partial charge >= 0.3 is 0 Å². The van der Waals surface area contributed by atoms with Crippen molar-refractivity contribution in [3.63, 3.8) is 0 Å². The number of aromatic nitrogens is 2. The number of fused-ring (bicyclic) bond motifs is 5. The smallest absolute Gasteiger partial charge is 0.141 e. The van der Waals surface area contributed by atoms with Crippen molar-refractivity contribution < 1.29 is 5.21 Å². The van der Waals surface area contributed by atoms with Gasteiger partial charge in [-0.1, -0.05) is 47.1 Å². The molecule has 3 aromatic carbocycles. The maximum absolute atomic E-state index is 9.08. The Morgan fingerprint density at radius 2 is 1.90 bits per heavy atom. The van der Waals surface area contributed by atoms with Gasteiger partial charge in [0.05, 0.1) is 22.1 Å². The van der Waals surface area contributed by atoms with E-state index in [9.17, 15) is 0 Å². The van der Waals surface area contributed by atoms with Crippen molar-refractivity contribution in [3.05, 3.63) is 77.3 Å². The number of benzene rings is 3. The number of rotatable bonds is 3. The van der Waals surface area contributed by atoms with Crippen LogP contribution in [-0.2, 0) is 0 Å². The molecule has 2 aromatic heterocycles. The van der Waals surface area contributed by atoms with Crippen molar-refractivity contribution in [2.75, 3.05) is 5.32 Å². The fourth-order valence-electron chi connectivity index (χ4n) is 3.68. The molecular weight excluding hydrogens is 384 g/mol. The topological polar surface area (TPSA) is 73.3 Å². The molecular formula is C23H17ClN4O. The highest BCUT2D eigenvalue weighted by Crippen LogP contribution is 2.37. The molecule has 3 N–H and O–H groups in total. The number of nitrogens with zero attached hydrogens (tertiary/aromatic N) is 2. The van der Waals surface area contributed by atoms with Crippen molar-refractivity contribution >= 4 is 61.5 Å². The zero-order valence-electron chi connectivity index (χ0n) is 15.6. The molecule has 0 unspecified atom stereocenters. The minimum atomic E-state index is 0.548. The summed E-state index contributed by atoms with van der Waals surface area (Å²) in [5.74, 6) is 0.753. The molecule has 0 spiro atoms. The Morgan fingerprint density at radius 3 is 2.76 bits per heavy atom. The van der Waals surface area contributed by atoms with E-state index in [0.29, 0.717) is 10.7 Å². The monoisotopic (exact) mass is 400 g/mol. The number of para-hydroxylation sites is 1. The van der Waals surface area contributed by atoms with E-state index in [0.717, 1.165) is 49.8 Å². The third-order valence-electron chi connectivity index (χ3n) is 5.10. The molecule has 0 atom stereocenters. The van der Waals surface area contributed by atoms with Crippen LogP contribution in [-0.4, -0.2) is 20.9 Å². The van der Waals surface area contributed by atoms with E-state index in [1.165, 1.54) is 0 Å². The van der Waals surface area contributed by atoms with Crippen molar-refractivity contribution in [2.45, 2.75) is 6.92 Å². The van der Waals surface area contributed by atoms with Gasteiger partial charge in [-0.25, -0.2) is 4.98 Å². The Balaban J connectivity index is 1.77. The van der Waals surface area contributed by atoms with E-state index in [1.807, 2.05) is 54.6 Å². The molecule has 142 valence electrons. The molecule has 0 bridgehead atoms. The third kappa shape index (κ3) is 2.96. The Kier molecular flexibility index (Phi) is 4.11. The normalized spacial score (nSPS) is 12.1. The molecule has 0 aliphatic rings. The van der Waals surface area contributed by atoms with Crippen molar-refractivity contribution in [3.8, 4) is 0 Å². The third-order valence-corrected chi connectivity index (χ3v) is 5.33. The maximum atomic E-state index is 9.08. The van der Waals surface area contributed by atoms with E-state index in [2.05, 4.69) is 27.6 Å². The van der Waals surface area contributed by atoms with Gasteiger partial charge in [-0.15, -0.1) is 0 Å². The van der Waals surface area contributed by atoms with Crippen LogP contribution in [0.2, 0.25) is 5.02 Å². The molecule has 0 aliphatic heterocycles. The lowest BCUT2D eigenvalue weighted by Gasteiger charge is -2.11. The fourth-order valence-corrected chi connectivity index (χ4v) is 3.85. The number of pyridine rings is 1. The number of nitrogens with one attached hydrogen (secondary N) is 2. The van der Waals surface area contributed by atoms with E-state index < -0.39 is 0 Å². The molecule has 0 radical (unpaired) electrons. The van der Waals surface area contributed by atoms with Crippen LogP contribution in [0, 0.1) is 0 Å². The second-order valence-corrected chi connectivity index (χ2v) is 7.37. The lowest BCUT2D eigenvalue weighted by molar-refractivity contribution is 0.319. The van der Waals surface area contributed by atoms with Crippen molar-refractivity contribution in [2.24, 2.45) is 5.16 Å². The first-order valence-electron chi connectivity index (χ1n) is 9.20. The molecule has 0 fully saturated rings. The highest BCUT2D eigenvalue weighted by Gasteiger charge is 2.15. The van der Waals surface area contributed by atoms with Gasteiger partial charge < -0.3 is 15.5 Å². The summed E-state index contributed by atoms with van der Waals surface area (Å²) < 4.78 is 0. The summed E-state index contributed by atoms with van der Waals surface area (Å²) in [6, 6.07) is 21.6. The predicted octanol–water partition coefficient (Wildman–Crippen LogP) is 6.46. The summed E-state index contributed by atoms with van der Waals surface area (Å²) in [5.41, 5.74) is 5.12. The molecule has 0 saturated carbocycles. The minimum absolute atomic E-state index is 0.548. The molecule has 29 heavy (non-hydrogen) atoms. The van der Waals surface area contributed by atoms with Crippen LogP contribution in [0.4, 0.5) is 11.5 Å². The Bertz CT molecular complexity index is 1420. The molecule has 2 heterocycles. The van der Waals surface area contributed by atoms with Crippen molar-refractivity contribution in [1.82, 2.24) is 9.97 Å². The van der Waals surface area contributed by atoms with E-state index >= 15 is 0 Å². The van der Waals surface area contributed by atoms with Crippen LogP contribution >= 0.6 is 11.6 Å². The molecule has 0 aliphatic carbocycles. The zero-order chi connectivity index (χ0) is 20.0. The standard InChI is InChI=1S/C23H17ClN4O/c1-13(28-29)14-5-4-6-16(11-14)25-23-21-17-7-2-3-8-19(17)26-22(21)18-12-15(24)9-10-20(18)27-23/h2-12,26,29H,1H3,(H,25,27)/b28-13-. The minimum Gasteiger partial charge on any atom is -0.411 e. The lowest BCUT2D eigenvalue weighted by Crippen LogP contribution is -1.99. The van der Waals surface area contributed by atoms with Crippen molar-refractivity contribution in [1.29, 1.82) is 0 Å². The first-order chi connectivity index (χ1) is 14.1. The van der Waals surface area contributed by atoms with Crippen LogP contribution in [0.1, 0.15) is 12.5 Å². The van der Waals surface area contributed by atoms with Gasteiger partial charge in [-0.3, -0.25) is 0 Å². The first kappa shape index (κ1) is 17.5. The first-order valence-corrected chi connectivity index (χ1v) is 9.57. The summed E-state index contributed by atoms with van der Waals surface area (Å²) in [4.78, 5) is 8.41. The van der Waals surface area contributed by atoms with E-state index in [-0.39, 0.29) is 0 Å². The number of halogens is 1. The molecule has 5 nitrogen and oxygen atoms in total. The highest BCUT2D eigenvalue weighted by molar-refractivity contribution is 6.32. The molecule has 5 rings (SSSR count). The van der Waals surface area contributed by atoms with Crippen LogP contribution in [0.3, 0.4) is 0 Å². The maximum Gasteiger partial charge on any atom is 0.141 e. The van der Waals surface area contributed by atoms with Gasteiger partial charge in [0.2, 0.25) is 0 Å². The van der Waals surface area contributed by atoms with Crippen LogP contribution in [0.25, 0.3) is 32.7 Å². The fraction of sp³-hybridized carbons (Fsp3) is 0.0435. The SMILES string of the molecule is C/C(=N/O)c1cccc(Nc2nc3ccc(Cl)cc3c3[nH]c4ccccc4c23)c1. The Labute approximate surface area is 171 Å². The summed E-state index contributed by atoms with van der Waals surface area (Å²) in [6.45, 7) is 1.76. The van der Waals surface area contributed by atoms with Crippen LogP contribution in [0.5, 0.6) is 0 Å². The summed E-state index contributed by atoms with van der Waals surface area (Å²) in [5, 5.41) is 19.6. The quantitative estimate of drug-likeness (QED) is 0.185. The van der Waals surface area contributed by atoms with E-state index in [4.69, 9.17) is 21.8 Å². The summed E-state index contributed by atoms with van der Waals surface area (Å²) in [7, 11) is 0. The summed E-state index contributed by atoms with van der Waals surface area (Å²) in [6.07, 6.45) is 0. The number of H-pyrrole nitrogens is 1.